The van der Waals surface area contributed by atoms with E-state index in [1.807, 2.05) is 0 Å². The van der Waals surface area contributed by atoms with Crippen LogP contribution in [0.2, 0.25) is 5.02 Å². The molecule has 33 heavy (non-hydrogen) atoms. The summed E-state index contributed by atoms with van der Waals surface area (Å²) in [5, 5.41) is 3.49. The summed E-state index contributed by atoms with van der Waals surface area (Å²) < 4.78 is 18.6. The summed E-state index contributed by atoms with van der Waals surface area (Å²) in [6.07, 6.45) is 9.05. The molecule has 2 heterocycles. The number of nitrogens with zero attached hydrogens (tertiary/aromatic N) is 1. The van der Waals surface area contributed by atoms with E-state index in [4.69, 9.17) is 16.3 Å². The quantitative estimate of drug-likeness (QED) is 0.568. The molecule has 3 fully saturated rings. The number of hydrogen-bond donors (Lipinski definition) is 1. The second kappa shape index (κ2) is 11.8. The number of likely N-dealkylation sites (tertiary alicyclic amines) is 1. The lowest BCUT2D eigenvalue weighted by Crippen LogP contribution is -2.42. The van der Waals surface area contributed by atoms with E-state index in [9.17, 15) is 14.0 Å². The molecule has 1 saturated carbocycles. The fraction of sp³-hybridized carbons (Fsp3) is 0.692. The normalized spacial score (nSPS) is 25.6. The van der Waals surface area contributed by atoms with Gasteiger partial charge in [0.05, 0.1) is 5.02 Å². The first-order valence-electron chi connectivity index (χ1n) is 12.6. The minimum Gasteiger partial charge on any atom is -0.381 e. The lowest BCUT2D eigenvalue weighted by Gasteiger charge is -2.34. The van der Waals surface area contributed by atoms with Crippen LogP contribution in [0.25, 0.3) is 0 Å². The standard InChI is InChI=1S/C26H36ClFN2O3/c27-24-17-21(28)3-6-23(24)25(31)19-8-13-30(14-9-19)12-7-18-1-4-22(5-2-18)29-26(32)20-10-15-33-16-11-20/h3,6,17-20,22H,1-2,4-5,7-16H2,(H,29,32). The van der Waals surface area contributed by atoms with Crippen molar-refractivity contribution in [3.05, 3.63) is 34.6 Å². The van der Waals surface area contributed by atoms with Crippen LogP contribution in [0, 0.1) is 23.6 Å². The van der Waals surface area contributed by atoms with Crippen molar-refractivity contribution < 1.29 is 18.7 Å². The Labute approximate surface area is 201 Å². The summed E-state index contributed by atoms with van der Waals surface area (Å²) in [5.41, 5.74) is 0.442. The molecule has 1 N–H and O–H groups in total. The third-order valence-corrected chi connectivity index (χ3v) is 8.11. The van der Waals surface area contributed by atoms with Gasteiger partial charge in [-0.2, -0.15) is 0 Å². The van der Waals surface area contributed by atoms with E-state index in [0.29, 0.717) is 24.8 Å². The molecular weight excluding hydrogens is 443 g/mol. The molecule has 0 bridgehead atoms. The van der Waals surface area contributed by atoms with Gasteiger partial charge < -0.3 is 15.0 Å². The Morgan fingerprint density at radius 1 is 1.00 bits per heavy atom. The average molecular weight is 479 g/mol. The fourth-order valence-corrected chi connectivity index (χ4v) is 5.83. The van der Waals surface area contributed by atoms with Crippen LogP contribution in [0.15, 0.2) is 18.2 Å². The van der Waals surface area contributed by atoms with Crippen molar-refractivity contribution in [3.8, 4) is 0 Å². The van der Waals surface area contributed by atoms with Gasteiger partial charge in [0, 0.05) is 36.7 Å². The van der Waals surface area contributed by atoms with Gasteiger partial charge in [0.2, 0.25) is 5.91 Å². The van der Waals surface area contributed by atoms with Crippen LogP contribution in [0.1, 0.15) is 68.1 Å². The number of halogens is 2. The molecule has 1 amide bonds. The monoisotopic (exact) mass is 478 g/mol. The Hall–Kier alpha value is -1.50. The number of Topliss-reactive ketones (excluding diaryl/α,β-unsaturated/α-hetero) is 1. The summed E-state index contributed by atoms with van der Waals surface area (Å²) in [5.74, 6) is 0.673. The molecule has 0 aromatic heterocycles. The number of rotatable bonds is 7. The molecule has 182 valence electrons. The summed E-state index contributed by atoms with van der Waals surface area (Å²) in [6, 6.07) is 4.36. The van der Waals surface area contributed by atoms with Crippen molar-refractivity contribution in [2.24, 2.45) is 17.8 Å². The third-order valence-electron chi connectivity index (χ3n) is 7.79. The molecule has 3 aliphatic rings. The lowest BCUT2D eigenvalue weighted by molar-refractivity contribution is -0.128. The van der Waals surface area contributed by atoms with Gasteiger partial charge in [0.1, 0.15) is 5.82 Å². The maximum Gasteiger partial charge on any atom is 0.223 e. The van der Waals surface area contributed by atoms with Gasteiger partial charge in [0.15, 0.2) is 5.78 Å². The molecule has 0 spiro atoms. The van der Waals surface area contributed by atoms with Crippen LogP contribution in [0.4, 0.5) is 4.39 Å². The van der Waals surface area contributed by atoms with E-state index in [0.717, 1.165) is 64.1 Å². The van der Waals surface area contributed by atoms with Crippen LogP contribution in [0.3, 0.4) is 0 Å². The van der Waals surface area contributed by atoms with E-state index in [-0.39, 0.29) is 28.5 Å². The second-order valence-electron chi connectivity index (χ2n) is 10.0. The number of ketones is 1. The molecule has 0 unspecified atom stereocenters. The average Bonchev–Trinajstić information content (AvgIpc) is 2.84. The van der Waals surface area contributed by atoms with E-state index in [1.165, 1.54) is 37.5 Å². The predicted molar refractivity (Wildman–Crippen MR) is 127 cm³/mol. The maximum absolute atomic E-state index is 13.3. The minimum atomic E-state index is -0.415. The van der Waals surface area contributed by atoms with Gasteiger partial charge in [0.25, 0.3) is 0 Å². The Morgan fingerprint density at radius 3 is 2.36 bits per heavy atom. The van der Waals surface area contributed by atoms with Crippen LogP contribution < -0.4 is 5.32 Å². The molecule has 0 radical (unpaired) electrons. The van der Waals surface area contributed by atoms with E-state index >= 15 is 0 Å². The highest BCUT2D eigenvalue weighted by Crippen LogP contribution is 2.30. The highest BCUT2D eigenvalue weighted by atomic mass is 35.5. The van der Waals surface area contributed by atoms with Crippen LogP contribution in [0.5, 0.6) is 0 Å². The smallest absolute Gasteiger partial charge is 0.223 e. The minimum absolute atomic E-state index is 0.0287. The molecular formula is C26H36ClFN2O3. The van der Waals surface area contributed by atoms with Crippen molar-refractivity contribution in [2.45, 2.75) is 63.8 Å². The number of carbonyl (C=O) groups is 2. The van der Waals surface area contributed by atoms with Crippen LogP contribution in [-0.4, -0.2) is 55.5 Å². The van der Waals surface area contributed by atoms with E-state index in [2.05, 4.69) is 10.2 Å². The number of hydrogen-bond acceptors (Lipinski definition) is 4. The molecule has 7 heteroatoms. The summed E-state index contributed by atoms with van der Waals surface area (Å²) in [7, 11) is 0. The van der Waals surface area contributed by atoms with Gasteiger partial charge in [-0.15, -0.1) is 0 Å². The molecule has 0 atom stereocenters. The third kappa shape index (κ3) is 6.77. The van der Waals surface area contributed by atoms with Gasteiger partial charge in [-0.25, -0.2) is 4.39 Å². The Bertz CT molecular complexity index is 814. The molecule has 1 aromatic rings. The molecule has 1 aliphatic carbocycles. The second-order valence-corrected chi connectivity index (χ2v) is 10.4. The van der Waals surface area contributed by atoms with Crippen molar-refractivity contribution in [3.63, 3.8) is 0 Å². The van der Waals surface area contributed by atoms with E-state index < -0.39 is 5.82 Å². The van der Waals surface area contributed by atoms with E-state index in [1.54, 1.807) is 0 Å². The Kier molecular flexibility index (Phi) is 8.78. The molecule has 2 aliphatic heterocycles. The lowest BCUT2D eigenvalue weighted by atomic mass is 9.83. The molecule has 4 rings (SSSR count). The van der Waals surface area contributed by atoms with Crippen molar-refractivity contribution in [2.75, 3.05) is 32.8 Å². The van der Waals surface area contributed by atoms with Gasteiger partial charge in [-0.05, 0) is 102 Å². The Balaban J connectivity index is 1.13. The molecule has 5 nitrogen and oxygen atoms in total. The summed E-state index contributed by atoms with van der Waals surface area (Å²) in [4.78, 5) is 27.7. The first-order chi connectivity index (χ1) is 16.0. The summed E-state index contributed by atoms with van der Waals surface area (Å²) >= 11 is 6.09. The number of nitrogens with one attached hydrogen (secondary N) is 1. The van der Waals surface area contributed by atoms with Crippen molar-refractivity contribution >= 4 is 23.3 Å². The number of amides is 1. The first-order valence-corrected chi connectivity index (χ1v) is 13.0. The number of ether oxygens (including phenoxy) is 1. The fourth-order valence-electron chi connectivity index (χ4n) is 5.57. The van der Waals surface area contributed by atoms with Gasteiger partial charge in [-0.1, -0.05) is 11.6 Å². The highest BCUT2D eigenvalue weighted by molar-refractivity contribution is 6.34. The zero-order chi connectivity index (χ0) is 23.2. The van der Waals surface area contributed by atoms with Gasteiger partial charge >= 0.3 is 0 Å². The SMILES string of the molecule is O=C(NC1CCC(CCN2CCC(C(=O)c3ccc(F)cc3Cl)CC2)CC1)C1CCOCC1. The van der Waals surface area contributed by atoms with Crippen molar-refractivity contribution in [1.29, 1.82) is 0 Å². The molecule has 2 saturated heterocycles. The number of benzene rings is 1. The zero-order valence-corrected chi connectivity index (χ0v) is 20.1. The maximum atomic E-state index is 13.3. The summed E-state index contributed by atoms with van der Waals surface area (Å²) in [6.45, 7) is 4.33. The number of carbonyl (C=O) groups excluding carboxylic acids is 2. The highest BCUT2D eigenvalue weighted by Gasteiger charge is 2.29. The predicted octanol–water partition coefficient (Wildman–Crippen LogP) is 4.87. The van der Waals surface area contributed by atoms with Crippen molar-refractivity contribution in [1.82, 2.24) is 10.2 Å². The topological polar surface area (TPSA) is 58.6 Å². The zero-order valence-electron chi connectivity index (χ0n) is 19.4. The molecule has 1 aromatic carbocycles. The van der Waals surface area contributed by atoms with Crippen LogP contribution >= 0.6 is 11.6 Å². The van der Waals surface area contributed by atoms with Gasteiger partial charge in [-0.3, -0.25) is 9.59 Å². The Morgan fingerprint density at radius 2 is 1.70 bits per heavy atom. The number of piperidine rings is 1. The van der Waals surface area contributed by atoms with Crippen LogP contribution in [-0.2, 0) is 9.53 Å². The first kappa shape index (κ1) is 24.6. The largest absolute Gasteiger partial charge is 0.381 e.